The molecule has 34 heavy (non-hydrogen) atoms. The standard InChI is InChI=1S/C24H30F3N3O3S/c1-17-16-29(22(18-5-3-6-18)19-7-4-12-28-15-19)13-14-30(17)34(32,33)21-10-8-20(9-11-21)23(2,31)24(25,26)27/h4,7-12,15,17-18,22,31H,3,5-6,13-14,16H2,1-2H3. The molecular weight excluding hydrogens is 467 g/mol. The first-order chi connectivity index (χ1) is 15.9. The monoisotopic (exact) mass is 497 g/mol. The number of hydrogen-bond donors (Lipinski definition) is 1. The zero-order valence-electron chi connectivity index (χ0n) is 19.2. The first-order valence-electron chi connectivity index (χ1n) is 11.5. The van der Waals surface area contributed by atoms with Gasteiger partial charge in [0.05, 0.1) is 4.90 Å². The van der Waals surface area contributed by atoms with E-state index in [-0.39, 0.29) is 23.5 Å². The summed E-state index contributed by atoms with van der Waals surface area (Å²) in [5, 5.41) is 9.86. The molecule has 3 atom stereocenters. The summed E-state index contributed by atoms with van der Waals surface area (Å²) in [4.78, 5) is 6.52. The van der Waals surface area contributed by atoms with Crippen molar-refractivity contribution in [3.05, 3.63) is 59.9 Å². The van der Waals surface area contributed by atoms with E-state index in [0.717, 1.165) is 42.7 Å². The number of pyridine rings is 1. The van der Waals surface area contributed by atoms with Gasteiger partial charge < -0.3 is 5.11 Å². The Kier molecular flexibility index (Phi) is 6.80. The minimum Gasteiger partial charge on any atom is -0.376 e. The van der Waals surface area contributed by atoms with Crippen LogP contribution in [0.15, 0.2) is 53.7 Å². The topological polar surface area (TPSA) is 73.7 Å². The molecule has 0 amide bonds. The molecule has 1 N–H and O–H groups in total. The van der Waals surface area contributed by atoms with Crippen LogP contribution < -0.4 is 0 Å². The third-order valence-corrected chi connectivity index (χ3v) is 9.22. The van der Waals surface area contributed by atoms with Gasteiger partial charge in [0.25, 0.3) is 0 Å². The Labute approximate surface area is 198 Å². The van der Waals surface area contributed by atoms with Gasteiger partial charge in [0.2, 0.25) is 10.0 Å². The van der Waals surface area contributed by atoms with Gasteiger partial charge in [-0.15, -0.1) is 0 Å². The molecule has 1 aliphatic heterocycles. The molecule has 4 rings (SSSR count). The first-order valence-corrected chi connectivity index (χ1v) is 12.9. The van der Waals surface area contributed by atoms with Gasteiger partial charge >= 0.3 is 6.18 Å². The number of hydrogen-bond acceptors (Lipinski definition) is 5. The van der Waals surface area contributed by atoms with Gasteiger partial charge in [0, 0.05) is 44.1 Å². The van der Waals surface area contributed by atoms with E-state index in [1.807, 2.05) is 19.2 Å². The number of alkyl halides is 3. The summed E-state index contributed by atoms with van der Waals surface area (Å²) < 4.78 is 67.4. The summed E-state index contributed by atoms with van der Waals surface area (Å²) in [6, 6.07) is 8.20. The van der Waals surface area contributed by atoms with Gasteiger partial charge in [0.1, 0.15) is 0 Å². The molecule has 0 spiro atoms. The minimum absolute atomic E-state index is 0.0858. The Hall–Kier alpha value is -2.01. The summed E-state index contributed by atoms with van der Waals surface area (Å²) >= 11 is 0. The van der Waals surface area contributed by atoms with Crippen molar-refractivity contribution in [1.82, 2.24) is 14.2 Å². The lowest BCUT2D eigenvalue weighted by Gasteiger charge is -2.47. The molecule has 2 fully saturated rings. The van der Waals surface area contributed by atoms with Crippen LogP contribution in [0.25, 0.3) is 0 Å². The van der Waals surface area contributed by atoms with E-state index in [1.165, 1.54) is 10.7 Å². The van der Waals surface area contributed by atoms with Crippen molar-refractivity contribution in [2.75, 3.05) is 19.6 Å². The molecule has 2 aliphatic rings. The number of sulfonamides is 1. The maximum absolute atomic E-state index is 13.3. The SMILES string of the molecule is CC1CN(C(c2cccnc2)C2CCC2)CCN1S(=O)(=O)c1ccc(C(C)(O)C(F)(F)F)cc1. The van der Waals surface area contributed by atoms with E-state index in [9.17, 15) is 26.7 Å². The normalized spacial score (nSPS) is 23.8. The lowest BCUT2D eigenvalue weighted by molar-refractivity contribution is -0.258. The summed E-state index contributed by atoms with van der Waals surface area (Å²) in [6.45, 7) is 3.90. The Balaban J connectivity index is 1.51. The highest BCUT2D eigenvalue weighted by atomic mass is 32.2. The van der Waals surface area contributed by atoms with Crippen LogP contribution in [0.2, 0.25) is 0 Å². The number of halogens is 3. The predicted molar refractivity (Wildman–Crippen MR) is 121 cm³/mol. The van der Waals surface area contributed by atoms with E-state index in [4.69, 9.17) is 0 Å². The van der Waals surface area contributed by atoms with Crippen LogP contribution in [-0.2, 0) is 15.6 Å². The molecule has 10 heteroatoms. The summed E-state index contributed by atoms with van der Waals surface area (Å²) in [5.74, 6) is 0.522. The van der Waals surface area contributed by atoms with Crippen molar-refractivity contribution in [2.24, 2.45) is 5.92 Å². The summed E-state index contributed by atoms with van der Waals surface area (Å²) in [7, 11) is -3.90. The lowest BCUT2D eigenvalue weighted by Crippen LogP contribution is -2.55. The zero-order chi connectivity index (χ0) is 24.7. The quantitative estimate of drug-likeness (QED) is 0.651. The molecule has 0 radical (unpaired) electrons. The van der Waals surface area contributed by atoms with Crippen molar-refractivity contribution in [3.63, 3.8) is 0 Å². The van der Waals surface area contributed by atoms with Crippen LogP contribution in [0.4, 0.5) is 13.2 Å². The Morgan fingerprint density at radius 2 is 1.79 bits per heavy atom. The molecule has 1 aromatic carbocycles. The first kappa shape index (κ1) is 25.1. The van der Waals surface area contributed by atoms with Crippen LogP contribution in [0, 0.1) is 5.92 Å². The van der Waals surface area contributed by atoms with Crippen LogP contribution in [0.5, 0.6) is 0 Å². The van der Waals surface area contributed by atoms with Gasteiger partial charge in [-0.1, -0.05) is 24.6 Å². The summed E-state index contributed by atoms with van der Waals surface area (Å²) in [5.41, 5.74) is -2.32. The van der Waals surface area contributed by atoms with Crippen molar-refractivity contribution < 1.29 is 26.7 Å². The molecule has 3 unspecified atom stereocenters. The number of aromatic nitrogens is 1. The number of aliphatic hydroxyl groups is 1. The van der Waals surface area contributed by atoms with Crippen molar-refractivity contribution in [2.45, 2.75) is 61.9 Å². The molecule has 1 aromatic heterocycles. The smallest absolute Gasteiger partial charge is 0.376 e. The highest BCUT2D eigenvalue weighted by Crippen LogP contribution is 2.42. The van der Waals surface area contributed by atoms with E-state index in [1.54, 1.807) is 6.20 Å². The average Bonchev–Trinajstić information content (AvgIpc) is 2.75. The second-order valence-corrected chi connectivity index (χ2v) is 11.4. The van der Waals surface area contributed by atoms with Crippen LogP contribution in [0.3, 0.4) is 0 Å². The van der Waals surface area contributed by atoms with Gasteiger partial charge in [-0.3, -0.25) is 9.88 Å². The Morgan fingerprint density at radius 3 is 2.29 bits per heavy atom. The number of rotatable bonds is 6. The highest BCUT2D eigenvalue weighted by molar-refractivity contribution is 7.89. The number of benzene rings is 1. The fourth-order valence-electron chi connectivity index (χ4n) is 4.92. The molecular formula is C24H30F3N3O3S. The highest BCUT2D eigenvalue weighted by Gasteiger charge is 2.51. The van der Waals surface area contributed by atoms with Crippen molar-refractivity contribution >= 4 is 10.0 Å². The minimum atomic E-state index is -4.87. The second-order valence-electron chi connectivity index (χ2n) is 9.48. The third kappa shape index (κ3) is 4.60. The molecule has 2 heterocycles. The Morgan fingerprint density at radius 1 is 1.12 bits per heavy atom. The largest absolute Gasteiger partial charge is 0.421 e. The van der Waals surface area contributed by atoms with Crippen LogP contribution in [-0.4, -0.2) is 59.6 Å². The third-order valence-electron chi connectivity index (χ3n) is 7.19. The maximum Gasteiger partial charge on any atom is 0.421 e. The fourth-order valence-corrected chi connectivity index (χ4v) is 6.53. The Bertz CT molecular complexity index is 1090. The van der Waals surface area contributed by atoms with Crippen molar-refractivity contribution in [3.8, 4) is 0 Å². The lowest BCUT2D eigenvalue weighted by atomic mass is 9.76. The predicted octanol–water partition coefficient (Wildman–Crippen LogP) is 4.09. The van der Waals surface area contributed by atoms with Gasteiger partial charge in [-0.2, -0.15) is 17.5 Å². The molecule has 1 saturated carbocycles. The molecule has 2 aromatic rings. The van der Waals surface area contributed by atoms with E-state index in [2.05, 4.69) is 16.0 Å². The van der Waals surface area contributed by atoms with Gasteiger partial charge in [0.15, 0.2) is 5.60 Å². The molecule has 0 bridgehead atoms. The number of nitrogens with zero attached hydrogens (tertiary/aromatic N) is 3. The van der Waals surface area contributed by atoms with E-state index in [0.29, 0.717) is 25.9 Å². The zero-order valence-corrected chi connectivity index (χ0v) is 20.1. The second kappa shape index (κ2) is 9.22. The maximum atomic E-state index is 13.3. The molecule has 1 aliphatic carbocycles. The summed E-state index contributed by atoms with van der Waals surface area (Å²) in [6.07, 6.45) is 2.23. The van der Waals surface area contributed by atoms with Crippen LogP contribution in [0.1, 0.15) is 50.3 Å². The van der Waals surface area contributed by atoms with Crippen LogP contribution >= 0.6 is 0 Å². The molecule has 6 nitrogen and oxygen atoms in total. The van der Waals surface area contributed by atoms with Gasteiger partial charge in [-0.05, 0) is 61.9 Å². The molecule has 186 valence electrons. The fraction of sp³-hybridized carbons (Fsp3) is 0.542. The average molecular weight is 498 g/mol. The van der Waals surface area contributed by atoms with Crippen molar-refractivity contribution in [1.29, 1.82) is 0 Å². The molecule has 1 saturated heterocycles. The van der Waals surface area contributed by atoms with E-state index < -0.39 is 27.4 Å². The number of piperazine rings is 1. The van der Waals surface area contributed by atoms with E-state index >= 15 is 0 Å². The van der Waals surface area contributed by atoms with Gasteiger partial charge in [-0.25, -0.2) is 8.42 Å².